The summed E-state index contributed by atoms with van der Waals surface area (Å²) in [6, 6.07) is 16.5. The van der Waals surface area contributed by atoms with Crippen LogP contribution >= 0.6 is 0 Å². The molecule has 0 radical (unpaired) electrons. The van der Waals surface area contributed by atoms with E-state index in [1.807, 2.05) is 49.4 Å². The second kappa shape index (κ2) is 10.5. The minimum atomic E-state index is -4.07. The summed E-state index contributed by atoms with van der Waals surface area (Å²) in [5.41, 5.74) is 0.756. The zero-order chi connectivity index (χ0) is 25.0. The minimum Gasteiger partial charge on any atom is -0.452 e. The van der Waals surface area contributed by atoms with Gasteiger partial charge in [0.15, 0.2) is 6.61 Å². The van der Waals surface area contributed by atoms with Gasteiger partial charge in [-0.25, -0.2) is 17.6 Å². The number of nitrogens with one attached hydrogen (secondary N) is 1. The summed E-state index contributed by atoms with van der Waals surface area (Å²) in [4.78, 5) is 24.3. The van der Waals surface area contributed by atoms with Crippen LogP contribution in [0.2, 0.25) is 0 Å². The number of amides is 1. The van der Waals surface area contributed by atoms with Gasteiger partial charge in [-0.05, 0) is 60.4 Å². The van der Waals surface area contributed by atoms with E-state index in [2.05, 4.69) is 5.32 Å². The summed E-state index contributed by atoms with van der Waals surface area (Å²) in [5, 5.41) is 4.91. The fourth-order valence-corrected chi connectivity index (χ4v) is 5.74. The highest BCUT2D eigenvalue weighted by Crippen LogP contribution is 2.24. The molecule has 184 valence electrons. The van der Waals surface area contributed by atoms with Gasteiger partial charge >= 0.3 is 5.97 Å². The first kappa shape index (κ1) is 24.8. The molecule has 1 N–H and O–H groups in total. The zero-order valence-electron chi connectivity index (χ0n) is 19.4. The first-order valence-electron chi connectivity index (χ1n) is 11.5. The highest BCUT2D eigenvalue weighted by atomic mass is 32.2. The molecule has 0 aliphatic carbocycles. The van der Waals surface area contributed by atoms with E-state index in [0.29, 0.717) is 25.9 Å². The molecule has 1 unspecified atom stereocenters. The predicted octanol–water partition coefficient (Wildman–Crippen LogP) is 4.19. The first-order chi connectivity index (χ1) is 16.8. The second-order valence-electron chi connectivity index (χ2n) is 8.58. The summed E-state index contributed by atoms with van der Waals surface area (Å²) >= 11 is 0. The third kappa shape index (κ3) is 5.68. The number of ether oxygens (including phenoxy) is 1. The summed E-state index contributed by atoms with van der Waals surface area (Å²) in [6.07, 6.45) is 2.33. The number of nitrogens with zero attached hydrogens (tertiary/aromatic N) is 1. The average molecular weight is 499 g/mol. The second-order valence-corrected chi connectivity index (χ2v) is 10.5. The van der Waals surface area contributed by atoms with Gasteiger partial charge < -0.3 is 10.1 Å². The lowest BCUT2D eigenvalue weighted by Gasteiger charge is -2.26. The number of carbonyl (C=O) groups excluding carboxylic acids is 2. The van der Waals surface area contributed by atoms with Crippen LogP contribution in [0.4, 0.5) is 4.39 Å². The number of fused-ring (bicyclic) bond motifs is 1. The van der Waals surface area contributed by atoms with E-state index >= 15 is 0 Å². The number of sulfonamides is 1. The average Bonchev–Trinajstić information content (AvgIpc) is 2.87. The van der Waals surface area contributed by atoms with Crippen LogP contribution in [0.15, 0.2) is 65.6 Å². The van der Waals surface area contributed by atoms with Crippen LogP contribution < -0.4 is 5.32 Å². The SMILES string of the molecule is CC(NC(=O)COC(=O)c1ccc(F)c(S(=O)(=O)N2CCCCC2)c1)c1ccc2ccccc2c1. The molecule has 3 aromatic carbocycles. The molecule has 4 rings (SSSR count). The Bertz CT molecular complexity index is 1350. The van der Waals surface area contributed by atoms with E-state index in [0.717, 1.165) is 41.0 Å². The van der Waals surface area contributed by atoms with Gasteiger partial charge in [-0.3, -0.25) is 4.79 Å². The van der Waals surface area contributed by atoms with Crippen molar-refractivity contribution in [2.75, 3.05) is 19.7 Å². The standard InChI is InChI=1S/C26H27FN2O5S/c1-18(20-10-9-19-7-3-4-8-21(19)15-20)28-25(30)17-34-26(31)22-11-12-23(27)24(16-22)35(32,33)29-13-5-2-6-14-29/h3-4,7-12,15-16,18H,2,5-6,13-14,17H2,1H3,(H,28,30). The molecule has 1 aliphatic rings. The molecule has 1 aliphatic heterocycles. The monoisotopic (exact) mass is 498 g/mol. The predicted molar refractivity (Wildman–Crippen MR) is 130 cm³/mol. The van der Waals surface area contributed by atoms with Crippen LogP contribution in [0, 0.1) is 5.82 Å². The molecule has 0 saturated carbocycles. The van der Waals surface area contributed by atoms with Crippen molar-refractivity contribution in [1.29, 1.82) is 0 Å². The van der Waals surface area contributed by atoms with Crippen molar-refractivity contribution < 1.29 is 27.1 Å². The van der Waals surface area contributed by atoms with Gasteiger partial charge in [0.25, 0.3) is 5.91 Å². The van der Waals surface area contributed by atoms with E-state index in [4.69, 9.17) is 4.74 Å². The van der Waals surface area contributed by atoms with E-state index in [-0.39, 0.29) is 11.6 Å². The number of carbonyl (C=O) groups is 2. The maximum absolute atomic E-state index is 14.4. The number of piperidine rings is 1. The van der Waals surface area contributed by atoms with Gasteiger partial charge in [-0.2, -0.15) is 4.31 Å². The fraction of sp³-hybridized carbons (Fsp3) is 0.308. The topological polar surface area (TPSA) is 92.8 Å². The van der Waals surface area contributed by atoms with Gasteiger partial charge in [-0.1, -0.05) is 42.8 Å². The van der Waals surface area contributed by atoms with Crippen molar-refractivity contribution in [1.82, 2.24) is 9.62 Å². The Balaban J connectivity index is 1.38. The van der Waals surface area contributed by atoms with Crippen LogP contribution in [0.1, 0.15) is 48.1 Å². The van der Waals surface area contributed by atoms with Crippen LogP contribution in [0.3, 0.4) is 0 Å². The van der Waals surface area contributed by atoms with Gasteiger partial charge in [0, 0.05) is 13.1 Å². The molecule has 1 amide bonds. The Morgan fingerprint density at radius 3 is 2.46 bits per heavy atom. The Morgan fingerprint density at radius 2 is 1.71 bits per heavy atom. The largest absolute Gasteiger partial charge is 0.452 e. The molecule has 3 aromatic rings. The van der Waals surface area contributed by atoms with Crippen LogP contribution in [0.25, 0.3) is 10.8 Å². The molecule has 0 bridgehead atoms. The Morgan fingerprint density at radius 1 is 1.00 bits per heavy atom. The highest BCUT2D eigenvalue weighted by Gasteiger charge is 2.29. The van der Waals surface area contributed by atoms with Crippen LogP contribution in [-0.4, -0.2) is 44.3 Å². The quantitative estimate of drug-likeness (QED) is 0.493. The Labute approximate surface area is 203 Å². The lowest BCUT2D eigenvalue weighted by Crippen LogP contribution is -2.36. The zero-order valence-corrected chi connectivity index (χ0v) is 20.2. The summed E-state index contributed by atoms with van der Waals surface area (Å²) in [6.45, 7) is 1.89. The van der Waals surface area contributed by atoms with E-state index in [9.17, 15) is 22.4 Å². The number of hydrogen-bond donors (Lipinski definition) is 1. The van der Waals surface area contributed by atoms with Crippen molar-refractivity contribution >= 4 is 32.7 Å². The third-order valence-corrected chi connectivity index (χ3v) is 8.00. The molecule has 1 saturated heterocycles. The summed E-state index contributed by atoms with van der Waals surface area (Å²) in [7, 11) is -4.07. The van der Waals surface area contributed by atoms with Crippen molar-refractivity contribution in [2.24, 2.45) is 0 Å². The maximum atomic E-state index is 14.4. The first-order valence-corrected chi connectivity index (χ1v) is 12.9. The van der Waals surface area contributed by atoms with E-state index in [1.165, 1.54) is 4.31 Å². The Hall–Kier alpha value is -3.30. The van der Waals surface area contributed by atoms with Crippen molar-refractivity contribution in [2.45, 2.75) is 37.1 Å². The molecular weight excluding hydrogens is 471 g/mol. The minimum absolute atomic E-state index is 0.141. The fourth-order valence-electron chi connectivity index (χ4n) is 4.13. The molecule has 0 aromatic heterocycles. The molecule has 9 heteroatoms. The lowest BCUT2D eigenvalue weighted by molar-refractivity contribution is -0.124. The lowest BCUT2D eigenvalue weighted by atomic mass is 10.0. The molecular formula is C26H27FN2O5S. The Kier molecular flexibility index (Phi) is 7.47. The maximum Gasteiger partial charge on any atom is 0.338 e. The van der Waals surface area contributed by atoms with Gasteiger partial charge in [0.2, 0.25) is 10.0 Å². The smallest absolute Gasteiger partial charge is 0.338 e. The van der Waals surface area contributed by atoms with E-state index in [1.54, 1.807) is 0 Å². The van der Waals surface area contributed by atoms with Crippen LogP contribution in [0.5, 0.6) is 0 Å². The number of benzene rings is 3. The van der Waals surface area contributed by atoms with Crippen molar-refractivity contribution in [3.05, 3.63) is 77.6 Å². The summed E-state index contributed by atoms with van der Waals surface area (Å²) in [5.74, 6) is -2.36. The molecule has 7 nitrogen and oxygen atoms in total. The highest BCUT2D eigenvalue weighted by molar-refractivity contribution is 7.89. The normalized spacial score (nSPS) is 15.5. The number of rotatable bonds is 7. The van der Waals surface area contributed by atoms with E-state index < -0.39 is 39.2 Å². The number of halogens is 1. The van der Waals surface area contributed by atoms with Crippen LogP contribution in [-0.2, 0) is 19.6 Å². The third-order valence-electron chi connectivity index (χ3n) is 6.09. The molecule has 0 spiro atoms. The van der Waals surface area contributed by atoms with Crippen molar-refractivity contribution in [3.63, 3.8) is 0 Å². The number of esters is 1. The molecule has 35 heavy (non-hydrogen) atoms. The summed E-state index contributed by atoms with van der Waals surface area (Å²) < 4.78 is 46.4. The molecule has 1 atom stereocenters. The van der Waals surface area contributed by atoms with Gasteiger partial charge in [-0.15, -0.1) is 0 Å². The number of hydrogen-bond acceptors (Lipinski definition) is 5. The molecule has 1 heterocycles. The van der Waals surface area contributed by atoms with Gasteiger partial charge in [0.05, 0.1) is 11.6 Å². The molecule has 1 fully saturated rings. The van der Waals surface area contributed by atoms with Gasteiger partial charge in [0.1, 0.15) is 10.7 Å². The van der Waals surface area contributed by atoms with Crippen molar-refractivity contribution in [3.8, 4) is 0 Å².